The molecule has 1 fully saturated rings. The molecule has 1 N–H and O–H groups in total. The molecule has 0 spiro atoms. The van der Waals surface area contributed by atoms with Gasteiger partial charge in [-0.05, 0) is 44.9 Å². The number of ether oxygens (including phenoxy) is 1. The van der Waals surface area contributed by atoms with E-state index in [-0.39, 0.29) is 12.1 Å². The van der Waals surface area contributed by atoms with E-state index >= 15 is 0 Å². The Kier molecular flexibility index (Phi) is 7.15. The summed E-state index contributed by atoms with van der Waals surface area (Å²) in [7, 11) is 0. The van der Waals surface area contributed by atoms with Crippen molar-refractivity contribution >= 4 is 23.6 Å². The van der Waals surface area contributed by atoms with Gasteiger partial charge in [-0.3, -0.25) is 4.90 Å². The molecule has 1 saturated heterocycles. The predicted molar refractivity (Wildman–Crippen MR) is 119 cm³/mol. The maximum absolute atomic E-state index is 12.2. The van der Waals surface area contributed by atoms with Crippen molar-refractivity contribution < 1.29 is 9.53 Å². The fourth-order valence-electron chi connectivity index (χ4n) is 3.27. The van der Waals surface area contributed by atoms with Crippen LogP contribution in [0.2, 0.25) is 5.15 Å². The number of rotatable bonds is 5. The minimum atomic E-state index is -0.457. The van der Waals surface area contributed by atoms with E-state index in [1.165, 1.54) is 5.56 Å². The number of amides is 1. The summed E-state index contributed by atoms with van der Waals surface area (Å²) < 4.78 is 5.46. The van der Waals surface area contributed by atoms with E-state index in [0.717, 1.165) is 25.2 Å². The second-order valence-corrected chi connectivity index (χ2v) is 8.94. The zero-order chi connectivity index (χ0) is 21.7. The van der Waals surface area contributed by atoms with Crippen molar-refractivity contribution in [2.75, 3.05) is 31.5 Å². The monoisotopic (exact) mass is 431 g/mol. The Balaban J connectivity index is 1.48. The van der Waals surface area contributed by atoms with Gasteiger partial charge in [-0.1, -0.05) is 35.9 Å². The fourth-order valence-corrected chi connectivity index (χ4v) is 3.40. The Morgan fingerprint density at radius 1 is 1.17 bits per heavy atom. The third kappa shape index (κ3) is 6.57. The lowest BCUT2D eigenvalue weighted by atomic mass is 10.1. The molecule has 3 rings (SSSR count). The Labute approximate surface area is 183 Å². The summed E-state index contributed by atoms with van der Waals surface area (Å²) in [6.07, 6.45) is 1.41. The summed E-state index contributed by atoms with van der Waals surface area (Å²) in [5.41, 5.74) is 1.94. The van der Waals surface area contributed by atoms with Crippen LogP contribution < -0.4 is 5.32 Å². The quantitative estimate of drug-likeness (QED) is 0.709. The van der Waals surface area contributed by atoms with Gasteiger partial charge in [0.15, 0.2) is 0 Å². The van der Waals surface area contributed by atoms with Crippen LogP contribution in [0.3, 0.4) is 0 Å². The molecule has 0 saturated carbocycles. The molecule has 0 unspecified atom stereocenters. The molecule has 1 amide bonds. The van der Waals surface area contributed by atoms with E-state index < -0.39 is 5.60 Å². The third-order valence-electron chi connectivity index (χ3n) is 4.88. The van der Waals surface area contributed by atoms with Gasteiger partial charge in [-0.2, -0.15) is 0 Å². The van der Waals surface area contributed by atoms with Crippen molar-refractivity contribution in [2.45, 2.75) is 45.9 Å². The van der Waals surface area contributed by atoms with Crippen molar-refractivity contribution in [1.82, 2.24) is 19.8 Å². The van der Waals surface area contributed by atoms with Gasteiger partial charge in [-0.25, -0.2) is 14.8 Å². The number of carbonyl (C=O) groups excluding carboxylic acids is 1. The number of nitrogens with zero attached hydrogens (tertiary/aromatic N) is 4. The molecule has 1 aliphatic heterocycles. The van der Waals surface area contributed by atoms with Gasteiger partial charge in [0, 0.05) is 38.9 Å². The van der Waals surface area contributed by atoms with Crippen LogP contribution in [0.25, 0.3) is 0 Å². The largest absolute Gasteiger partial charge is 0.444 e. The summed E-state index contributed by atoms with van der Waals surface area (Å²) >= 11 is 5.92. The Bertz CT molecular complexity index is 845. The van der Waals surface area contributed by atoms with Crippen molar-refractivity contribution in [2.24, 2.45) is 0 Å². The lowest BCUT2D eigenvalue weighted by molar-refractivity contribution is 0.0139. The first kappa shape index (κ1) is 22.3. The summed E-state index contributed by atoms with van der Waals surface area (Å²) in [6.45, 7) is 11.7. The van der Waals surface area contributed by atoms with Gasteiger partial charge in [0.2, 0.25) is 5.95 Å². The second kappa shape index (κ2) is 9.62. The van der Waals surface area contributed by atoms with Crippen molar-refractivity contribution in [3.8, 4) is 0 Å². The van der Waals surface area contributed by atoms with Crippen LogP contribution in [0.1, 0.15) is 44.9 Å². The number of aromatic nitrogens is 2. The molecule has 162 valence electrons. The van der Waals surface area contributed by atoms with Crippen LogP contribution in [0, 0.1) is 0 Å². The van der Waals surface area contributed by atoms with E-state index in [1.54, 1.807) is 17.2 Å². The molecular formula is C22H30ClN5O2. The van der Waals surface area contributed by atoms with Gasteiger partial charge >= 0.3 is 6.09 Å². The molecule has 1 aromatic heterocycles. The molecule has 1 aromatic carbocycles. The lowest BCUT2D eigenvalue weighted by Gasteiger charge is -2.35. The van der Waals surface area contributed by atoms with E-state index in [9.17, 15) is 4.79 Å². The lowest BCUT2D eigenvalue weighted by Crippen LogP contribution is -2.49. The van der Waals surface area contributed by atoms with Crippen LogP contribution in [0.15, 0.2) is 36.5 Å². The topological polar surface area (TPSA) is 70.6 Å². The maximum Gasteiger partial charge on any atom is 0.410 e. The van der Waals surface area contributed by atoms with Crippen LogP contribution in [0.4, 0.5) is 10.7 Å². The first-order valence-electron chi connectivity index (χ1n) is 10.2. The van der Waals surface area contributed by atoms with E-state index in [2.05, 4.69) is 51.4 Å². The molecular weight excluding hydrogens is 402 g/mol. The van der Waals surface area contributed by atoms with Crippen LogP contribution in [-0.2, 0) is 11.3 Å². The minimum absolute atomic E-state index is 0.0647. The Morgan fingerprint density at radius 3 is 2.43 bits per heavy atom. The van der Waals surface area contributed by atoms with Gasteiger partial charge in [0.05, 0.1) is 6.04 Å². The SMILES string of the molecule is C[C@H](Nc1nccc(Cl)n1)c1ccc(CN2CCN(C(=O)OC(C)(C)C)CC2)cc1. The number of benzene rings is 1. The van der Waals surface area contributed by atoms with Crippen LogP contribution >= 0.6 is 11.6 Å². The molecule has 2 aromatic rings. The number of hydrogen-bond donors (Lipinski definition) is 1. The molecule has 30 heavy (non-hydrogen) atoms. The third-order valence-corrected chi connectivity index (χ3v) is 5.09. The highest BCUT2D eigenvalue weighted by Gasteiger charge is 2.25. The van der Waals surface area contributed by atoms with Crippen LogP contribution in [-0.4, -0.2) is 57.6 Å². The Morgan fingerprint density at radius 2 is 1.83 bits per heavy atom. The predicted octanol–water partition coefficient (Wildman–Crippen LogP) is 4.36. The number of nitrogens with one attached hydrogen (secondary N) is 1. The average molecular weight is 432 g/mol. The van der Waals surface area contributed by atoms with Gasteiger partial charge in [0.1, 0.15) is 10.8 Å². The summed E-state index contributed by atoms with van der Waals surface area (Å²) in [5, 5.41) is 3.68. The van der Waals surface area contributed by atoms with Gasteiger partial charge < -0.3 is 15.0 Å². The minimum Gasteiger partial charge on any atom is -0.444 e. The highest BCUT2D eigenvalue weighted by Crippen LogP contribution is 2.19. The summed E-state index contributed by atoms with van der Waals surface area (Å²) in [5.74, 6) is 0.516. The first-order chi connectivity index (χ1) is 14.2. The van der Waals surface area contributed by atoms with Gasteiger partial charge in [0.25, 0.3) is 0 Å². The molecule has 0 radical (unpaired) electrons. The zero-order valence-corrected chi connectivity index (χ0v) is 18.8. The number of carbonyl (C=O) groups is 1. The standard InChI is InChI=1S/C22H30ClN5O2/c1-16(25-20-24-10-9-19(23)26-20)18-7-5-17(6-8-18)15-27-11-13-28(14-12-27)21(29)30-22(2,3)4/h5-10,16H,11-15H2,1-4H3,(H,24,25,26)/t16-/m0/s1. The second-order valence-electron chi connectivity index (χ2n) is 8.55. The van der Waals surface area contributed by atoms with Crippen molar-refractivity contribution in [1.29, 1.82) is 0 Å². The molecule has 8 heteroatoms. The number of hydrogen-bond acceptors (Lipinski definition) is 6. The molecule has 2 heterocycles. The highest BCUT2D eigenvalue weighted by atomic mass is 35.5. The molecule has 0 bridgehead atoms. The number of anilines is 1. The van der Waals surface area contributed by atoms with E-state index in [0.29, 0.717) is 24.2 Å². The smallest absolute Gasteiger partial charge is 0.410 e. The van der Waals surface area contributed by atoms with Crippen LogP contribution in [0.5, 0.6) is 0 Å². The molecule has 1 aliphatic rings. The van der Waals surface area contributed by atoms with Gasteiger partial charge in [-0.15, -0.1) is 0 Å². The molecule has 7 nitrogen and oxygen atoms in total. The maximum atomic E-state index is 12.2. The average Bonchev–Trinajstić information content (AvgIpc) is 2.68. The molecule has 1 atom stereocenters. The fraction of sp³-hybridized carbons (Fsp3) is 0.500. The normalized spacial score (nSPS) is 16.2. The van der Waals surface area contributed by atoms with Crippen molar-refractivity contribution in [3.05, 3.63) is 52.8 Å². The molecule has 0 aliphatic carbocycles. The van der Waals surface area contributed by atoms with E-state index in [1.807, 2.05) is 20.8 Å². The summed E-state index contributed by atoms with van der Waals surface area (Å²) in [6, 6.07) is 10.2. The van der Waals surface area contributed by atoms with Crippen molar-refractivity contribution in [3.63, 3.8) is 0 Å². The zero-order valence-electron chi connectivity index (χ0n) is 18.1. The van der Waals surface area contributed by atoms with E-state index in [4.69, 9.17) is 16.3 Å². The highest BCUT2D eigenvalue weighted by molar-refractivity contribution is 6.29. The Hall–Kier alpha value is -2.38. The summed E-state index contributed by atoms with van der Waals surface area (Å²) in [4.78, 5) is 24.7. The number of piperazine rings is 1. The first-order valence-corrected chi connectivity index (χ1v) is 10.6. The number of halogens is 1.